The first-order chi connectivity index (χ1) is 28.9. The maximum absolute atomic E-state index is 14.5. The molecule has 3 fully saturated rings. The van der Waals surface area contributed by atoms with Crippen LogP contribution in [0.1, 0.15) is 94.6 Å². The maximum atomic E-state index is 14.5. The number of aromatic nitrogens is 1. The second kappa shape index (κ2) is 16.1. The van der Waals surface area contributed by atoms with Gasteiger partial charge >= 0.3 is 47.8 Å². The molecule has 62 heavy (non-hydrogen) atoms. The van der Waals surface area contributed by atoms with E-state index in [0.29, 0.717) is 0 Å². The lowest BCUT2D eigenvalue weighted by molar-refractivity contribution is -0.387. The molecular weight excluding hydrogens is 826 g/mol. The minimum Gasteiger partial charge on any atom is -0.472 e. The summed E-state index contributed by atoms with van der Waals surface area (Å²) in [5.41, 5.74) is -14.0. The number of hydrogen-bond acceptors (Lipinski definition) is 21. The molecule has 2 aromatic heterocycles. The van der Waals surface area contributed by atoms with E-state index in [9.17, 15) is 48.6 Å². The number of aliphatic hydroxyl groups is 2. The van der Waals surface area contributed by atoms with Crippen molar-refractivity contribution >= 4 is 47.8 Å². The Morgan fingerprint density at radius 1 is 0.806 bits per heavy atom. The van der Waals surface area contributed by atoms with Crippen molar-refractivity contribution < 1.29 is 95.6 Å². The van der Waals surface area contributed by atoms with Crippen LogP contribution in [-0.2, 0) is 71.4 Å². The predicted molar refractivity (Wildman–Crippen MR) is 199 cm³/mol. The Kier molecular flexibility index (Phi) is 11.8. The standard InChI is InChI=1S/C41H47NO20/c1-18-27-25(11-10-13-42-27)35(49)54-16-37(7)26-28(56-19(2)43)32(59-22(5)46)40(17-55-34(48)24-12-14-53-15-24)33(60-23(6)47)29(57-20(3)44)31(61-36(50)38(18,8)51)39(9,52)41(40,62-37)30(26)58-21(4)45/h10-15,18,26,28-33,51-52H,16-17H2,1-9H3. The van der Waals surface area contributed by atoms with Gasteiger partial charge in [-0.2, -0.15) is 0 Å². The minimum atomic E-state index is -3.00. The molecule has 2 saturated carbocycles. The Morgan fingerprint density at radius 2 is 1.37 bits per heavy atom. The summed E-state index contributed by atoms with van der Waals surface area (Å²) in [6.45, 7) is 7.41. The molecule has 0 aromatic carbocycles. The SMILES string of the molecule is CC(=O)OC1C2C(OC(C)=O)C34OC2(C)COC(=O)c2cccnc2C(C)C(C)(O)C(=O)OC(C(OC(C)=O)C(OC(C)=O)C3(COC(=O)c2ccoc2)C1OC(C)=O)C4(C)O. The zero-order chi connectivity index (χ0) is 45.9. The topological polar surface area (TPSA) is 286 Å². The normalized spacial score (nSPS) is 37.3. The highest BCUT2D eigenvalue weighted by Crippen LogP contribution is 2.70. The van der Waals surface area contributed by atoms with E-state index in [1.165, 1.54) is 38.2 Å². The van der Waals surface area contributed by atoms with E-state index in [1.807, 2.05) is 0 Å². The highest BCUT2D eigenvalue weighted by atomic mass is 16.7. The monoisotopic (exact) mass is 873 g/mol. The Balaban J connectivity index is 1.80. The fourth-order valence-electron chi connectivity index (χ4n) is 9.66. The number of pyridine rings is 1. The molecule has 2 N–H and O–H groups in total. The molecule has 0 radical (unpaired) electrons. The Bertz CT molecular complexity index is 2170. The molecule has 21 nitrogen and oxygen atoms in total. The molecule has 4 bridgehead atoms. The van der Waals surface area contributed by atoms with Gasteiger partial charge in [0.05, 0.1) is 29.0 Å². The van der Waals surface area contributed by atoms with Crippen molar-refractivity contribution in [2.24, 2.45) is 11.3 Å². The van der Waals surface area contributed by atoms with Crippen LogP contribution >= 0.6 is 0 Å². The first-order valence-electron chi connectivity index (χ1n) is 19.4. The zero-order valence-corrected chi connectivity index (χ0v) is 35.2. The molecule has 4 heterocycles. The van der Waals surface area contributed by atoms with Crippen molar-refractivity contribution in [3.8, 4) is 0 Å². The van der Waals surface area contributed by atoms with Gasteiger partial charge in [0.2, 0.25) is 0 Å². The van der Waals surface area contributed by atoms with Crippen LogP contribution in [0.2, 0.25) is 0 Å². The van der Waals surface area contributed by atoms with Crippen LogP contribution in [0.5, 0.6) is 0 Å². The number of carbonyl (C=O) groups is 8. The van der Waals surface area contributed by atoms with E-state index in [4.69, 9.17) is 47.0 Å². The van der Waals surface area contributed by atoms with E-state index >= 15 is 0 Å². The molecular formula is C41H47NO20. The number of cyclic esters (lactones) is 1. The second-order valence-corrected chi connectivity index (χ2v) is 16.4. The predicted octanol–water partition coefficient (Wildman–Crippen LogP) is 1.04. The largest absolute Gasteiger partial charge is 0.472 e. The van der Waals surface area contributed by atoms with Crippen LogP contribution in [0.15, 0.2) is 41.3 Å². The lowest BCUT2D eigenvalue weighted by Crippen LogP contribution is -2.89. The number of ether oxygens (including phenoxy) is 9. The van der Waals surface area contributed by atoms with Gasteiger partial charge in [-0.3, -0.25) is 29.0 Å². The third-order valence-corrected chi connectivity index (χ3v) is 12.2. The van der Waals surface area contributed by atoms with Crippen molar-refractivity contribution in [1.29, 1.82) is 0 Å². The Hall–Kier alpha value is -5.93. The molecule has 2 aromatic rings. The molecule has 2 aliphatic carbocycles. The fraction of sp³-hybridized carbons (Fsp3) is 0.585. The van der Waals surface area contributed by atoms with E-state index in [2.05, 4.69) is 4.98 Å². The third kappa shape index (κ3) is 7.14. The number of carbonyl (C=O) groups excluding carboxylic acids is 8. The van der Waals surface area contributed by atoms with E-state index in [0.717, 1.165) is 61.0 Å². The number of hydrogen-bond donors (Lipinski definition) is 2. The van der Waals surface area contributed by atoms with Crippen molar-refractivity contribution in [3.05, 3.63) is 53.7 Å². The first-order valence-corrected chi connectivity index (χ1v) is 19.4. The van der Waals surface area contributed by atoms with Crippen LogP contribution in [0, 0.1) is 11.3 Å². The fourth-order valence-corrected chi connectivity index (χ4v) is 9.66. The molecule has 336 valence electrons. The van der Waals surface area contributed by atoms with E-state index in [1.54, 1.807) is 0 Å². The second-order valence-electron chi connectivity index (χ2n) is 16.4. The lowest BCUT2D eigenvalue weighted by Gasteiger charge is -2.67. The average molecular weight is 874 g/mol. The van der Waals surface area contributed by atoms with Gasteiger partial charge in [-0.15, -0.1) is 0 Å². The van der Waals surface area contributed by atoms with Gasteiger partial charge in [0.1, 0.15) is 48.3 Å². The van der Waals surface area contributed by atoms with Crippen LogP contribution in [-0.4, -0.2) is 135 Å². The van der Waals surface area contributed by atoms with Crippen LogP contribution in [0.3, 0.4) is 0 Å². The Labute approximate surface area is 353 Å². The third-order valence-electron chi connectivity index (χ3n) is 12.2. The summed E-state index contributed by atoms with van der Waals surface area (Å²) in [5, 5.41) is 25.5. The number of nitrogens with zero attached hydrogens (tertiary/aromatic N) is 1. The highest BCUT2D eigenvalue weighted by molar-refractivity contribution is 5.92. The van der Waals surface area contributed by atoms with E-state index in [-0.39, 0.29) is 16.8 Å². The van der Waals surface area contributed by atoms with Gasteiger partial charge in [0.15, 0.2) is 35.6 Å². The molecule has 2 aliphatic heterocycles. The highest BCUT2D eigenvalue weighted by Gasteiger charge is 2.92. The summed E-state index contributed by atoms with van der Waals surface area (Å²) in [5.74, 6) is -12.2. The van der Waals surface area contributed by atoms with Gasteiger partial charge in [0.25, 0.3) is 0 Å². The lowest BCUT2D eigenvalue weighted by atomic mass is 9.45. The molecule has 1 spiro atoms. The summed E-state index contributed by atoms with van der Waals surface area (Å²) in [6.07, 6.45) is -9.37. The van der Waals surface area contributed by atoms with Gasteiger partial charge in [0, 0.05) is 46.7 Å². The van der Waals surface area contributed by atoms with Crippen LogP contribution < -0.4 is 0 Å². The number of rotatable bonds is 8. The summed E-state index contributed by atoms with van der Waals surface area (Å²) >= 11 is 0. The summed E-state index contributed by atoms with van der Waals surface area (Å²) in [6, 6.07) is 3.92. The van der Waals surface area contributed by atoms with Crippen LogP contribution in [0.4, 0.5) is 0 Å². The molecule has 21 heteroatoms. The first kappa shape index (κ1) is 45.6. The summed E-state index contributed by atoms with van der Waals surface area (Å²) < 4.78 is 59.7. The Morgan fingerprint density at radius 3 is 1.94 bits per heavy atom. The average Bonchev–Trinajstić information content (AvgIpc) is 3.79. The molecule has 13 atom stereocenters. The molecule has 6 rings (SSSR count). The number of esters is 8. The van der Waals surface area contributed by atoms with Gasteiger partial charge in [-0.25, -0.2) is 14.4 Å². The molecule has 1 saturated heterocycles. The van der Waals surface area contributed by atoms with Crippen LogP contribution in [0.25, 0.3) is 0 Å². The van der Waals surface area contributed by atoms with Gasteiger partial charge in [-0.1, -0.05) is 6.92 Å². The van der Waals surface area contributed by atoms with E-state index < -0.39 is 137 Å². The van der Waals surface area contributed by atoms with Gasteiger partial charge in [-0.05, 0) is 39.0 Å². The zero-order valence-electron chi connectivity index (χ0n) is 35.2. The minimum absolute atomic E-state index is 0.141. The summed E-state index contributed by atoms with van der Waals surface area (Å²) in [7, 11) is 0. The quantitative estimate of drug-likeness (QED) is 0.277. The maximum Gasteiger partial charge on any atom is 0.341 e. The molecule has 0 amide bonds. The van der Waals surface area contributed by atoms with Crippen molar-refractivity contribution in [2.75, 3.05) is 13.2 Å². The number of fused-ring (bicyclic) bond motifs is 5. The van der Waals surface area contributed by atoms with Crippen molar-refractivity contribution in [1.82, 2.24) is 4.98 Å². The smallest absolute Gasteiger partial charge is 0.341 e. The summed E-state index contributed by atoms with van der Waals surface area (Å²) in [4.78, 5) is 113. The van der Waals surface area contributed by atoms with Crippen molar-refractivity contribution in [3.63, 3.8) is 0 Å². The molecule has 4 aliphatic rings. The molecule has 13 unspecified atom stereocenters. The number of furan rings is 1. The van der Waals surface area contributed by atoms with Crippen molar-refractivity contribution in [2.45, 2.75) is 127 Å². The van der Waals surface area contributed by atoms with Gasteiger partial charge < -0.3 is 57.3 Å².